The number of likely N-dealkylation sites (tertiary alicyclic amines) is 1. The van der Waals surface area contributed by atoms with Crippen LogP contribution < -0.4 is 15.4 Å². The fourth-order valence-electron chi connectivity index (χ4n) is 3.84. The Kier molecular flexibility index (Phi) is 7.28. The highest BCUT2D eigenvalue weighted by molar-refractivity contribution is 6.39. The van der Waals surface area contributed by atoms with Gasteiger partial charge >= 0.3 is 17.9 Å². The second-order valence-corrected chi connectivity index (χ2v) is 8.05. The highest BCUT2D eigenvalue weighted by Gasteiger charge is 2.25. The summed E-state index contributed by atoms with van der Waals surface area (Å²) in [4.78, 5) is 38.5. The van der Waals surface area contributed by atoms with Gasteiger partial charge in [-0.3, -0.25) is 9.59 Å². The van der Waals surface area contributed by atoms with Crippen LogP contribution >= 0.6 is 0 Å². The minimum Gasteiger partial charge on any atom is -0.410 e. The first-order valence-corrected chi connectivity index (χ1v) is 10.5. The maximum atomic E-state index is 12.3. The molecule has 2 N–H and O–H groups in total. The number of nitrogens with one attached hydrogen (secondary N) is 2. The van der Waals surface area contributed by atoms with E-state index in [-0.39, 0.29) is 12.0 Å². The normalized spacial score (nSPS) is 14.1. The minimum atomic E-state index is -0.668. The Bertz CT molecular complexity index is 928. The predicted octanol–water partition coefficient (Wildman–Crippen LogP) is 3.58. The molecule has 1 fully saturated rings. The molecule has 0 saturated carbocycles. The van der Waals surface area contributed by atoms with Crippen molar-refractivity contribution in [2.24, 2.45) is 5.92 Å². The molecule has 1 heterocycles. The molecule has 31 heavy (non-hydrogen) atoms. The summed E-state index contributed by atoms with van der Waals surface area (Å²) in [7, 11) is 0. The Hall–Kier alpha value is -3.35. The molecule has 1 saturated heterocycles. The molecule has 1 aliphatic heterocycles. The van der Waals surface area contributed by atoms with E-state index in [1.54, 1.807) is 17.0 Å². The predicted molar refractivity (Wildman–Crippen MR) is 119 cm³/mol. The van der Waals surface area contributed by atoms with Crippen molar-refractivity contribution in [1.29, 1.82) is 0 Å². The molecule has 0 bridgehead atoms. The summed E-state index contributed by atoms with van der Waals surface area (Å²) in [5.41, 5.74) is 3.63. The second kappa shape index (κ2) is 10.1. The summed E-state index contributed by atoms with van der Waals surface area (Å²) in [5, 5.41) is 5.44. The standard InChI is InChI=1S/C24H29N3O4/c1-16-13-17(2)21(18(3)14-16)26-23(29)22(28)25-15-19-9-11-27(12-10-19)24(30)31-20-7-5-4-6-8-20/h4-8,13-14,19H,9-12,15H2,1-3H3,(H,25,28)(H,26,29). The van der Waals surface area contributed by atoms with E-state index in [1.807, 2.05) is 51.1 Å². The first-order chi connectivity index (χ1) is 14.8. The fourth-order valence-corrected chi connectivity index (χ4v) is 3.84. The van der Waals surface area contributed by atoms with Crippen LogP contribution in [-0.4, -0.2) is 42.4 Å². The molecule has 1 aliphatic rings. The number of anilines is 1. The Labute approximate surface area is 182 Å². The number of benzene rings is 2. The van der Waals surface area contributed by atoms with Gasteiger partial charge in [0.1, 0.15) is 5.75 Å². The molecule has 0 radical (unpaired) electrons. The van der Waals surface area contributed by atoms with Gasteiger partial charge in [0.25, 0.3) is 0 Å². The molecule has 7 nitrogen and oxygen atoms in total. The Morgan fingerprint density at radius 3 is 2.19 bits per heavy atom. The maximum absolute atomic E-state index is 12.3. The number of carbonyl (C=O) groups excluding carboxylic acids is 3. The lowest BCUT2D eigenvalue weighted by Gasteiger charge is -2.31. The first-order valence-electron chi connectivity index (χ1n) is 10.5. The first kappa shape index (κ1) is 22.3. The van der Waals surface area contributed by atoms with E-state index < -0.39 is 11.8 Å². The number of para-hydroxylation sites is 1. The van der Waals surface area contributed by atoms with Gasteiger partial charge in [-0.15, -0.1) is 0 Å². The lowest BCUT2D eigenvalue weighted by atomic mass is 9.97. The minimum absolute atomic E-state index is 0.209. The third-order valence-electron chi connectivity index (χ3n) is 5.49. The zero-order valence-electron chi connectivity index (χ0n) is 18.2. The monoisotopic (exact) mass is 423 g/mol. The van der Waals surface area contributed by atoms with Crippen LogP contribution in [0, 0.1) is 26.7 Å². The van der Waals surface area contributed by atoms with Gasteiger partial charge in [0, 0.05) is 25.3 Å². The van der Waals surface area contributed by atoms with E-state index in [0.29, 0.717) is 31.1 Å². The smallest absolute Gasteiger partial charge is 0.410 e. The van der Waals surface area contributed by atoms with Crippen molar-refractivity contribution in [2.75, 3.05) is 25.0 Å². The van der Waals surface area contributed by atoms with Crippen LogP contribution in [0.4, 0.5) is 10.5 Å². The SMILES string of the molecule is Cc1cc(C)c(NC(=O)C(=O)NCC2CCN(C(=O)Oc3ccccc3)CC2)c(C)c1. The number of piperidine rings is 1. The molecular formula is C24H29N3O4. The Balaban J connectivity index is 1.42. The van der Waals surface area contributed by atoms with Crippen LogP contribution in [0.2, 0.25) is 0 Å². The van der Waals surface area contributed by atoms with Gasteiger partial charge in [-0.05, 0) is 62.8 Å². The average Bonchev–Trinajstić information content (AvgIpc) is 2.75. The van der Waals surface area contributed by atoms with Crippen LogP contribution in [0.15, 0.2) is 42.5 Å². The van der Waals surface area contributed by atoms with Gasteiger partial charge in [-0.1, -0.05) is 35.9 Å². The number of amides is 3. The topological polar surface area (TPSA) is 87.7 Å². The molecule has 2 aromatic rings. The highest BCUT2D eigenvalue weighted by Crippen LogP contribution is 2.22. The van der Waals surface area contributed by atoms with E-state index in [0.717, 1.165) is 29.5 Å². The van der Waals surface area contributed by atoms with Crippen LogP contribution in [0.1, 0.15) is 29.5 Å². The fraction of sp³-hybridized carbons (Fsp3) is 0.375. The van der Waals surface area contributed by atoms with Gasteiger partial charge in [0.05, 0.1) is 0 Å². The molecule has 7 heteroatoms. The Morgan fingerprint density at radius 1 is 0.968 bits per heavy atom. The van der Waals surface area contributed by atoms with Crippen molar-refractivity contribution in [1.82, 2.24) is 10.2 Å². The zero-order chi connectivity index (χ0) is 22.4. The summed E-state index contributed by atoms with van der Waals surface area (Å²) in [5.74, 6) is -0.587. The van der Waals surface area contributed by atoms with E-state index in [9.17, 15) is 14.4 Å². The van der Waals surface area contributed by atoms with E-state index in [4.69, 9.17) is 4.74 Å². The average molecular weight is 424 g/mol. The number of rotatable bonds is 4. The molecule has 0 unspecified atom stereocenters. The van der Waals surface area contributed by atoms with Crippen molar-refractivity contribution in [3.05, 3.63) is 59.2 Å². The quantitative estimate of drug-likeness (QED) is 0.736. The van der Waals surface area contributed by atoms with Crippen molar-refractivity contribution in [3.63, 3.8) is 0 Å². The highest BCUT2D eigenvalue weighted by atomic mass is 16.6. The van der Waals surface area contributed by atoms with Gasteiger partial charge in [0.2, 0.25) is 0 Å². The lowest BCUT2D eigenvalue weighted by molar-refractivity contribution is -0.136. The van der Waals surface area contributed by atoms with Gasteiger partial charge in [0.15, 0.2) is 0 Å². The summed E-state index contributed by atoms with van der Waals surface area (Å²) < 4.78 is 5.37. The molecule has 0 aromatic heterocycles. The van der Waals surface area contributed by atoms with Crippen molar-refractivity contribution in [2.45, 2.75) is 33.6 Å². The van der Waals surface area contributed by atoms with Crippen molar-refractivity contribution < 1.29 is 19.1 Å². The van der Waals surface area contributed by atoms with E-state index in [2.05, 4.69) is 10.6 Å². The summed E-state index contributed by atoms with van der Waals surface area (Å²) in [6.07, 6.45) is 1.11. The maximum Gasteiger partial charge on any atom is 0.415 e. The zero-order valence-corrected chi connectivity index (χ0v) is 18.2. The summed E-state index contributed by atoms with van der Waals surface area (Å²) in [6, 6.07) is 12.9. The van der Waals surface area contributed by atoms with E-state index >= 15 is 0 Å². The molecule has 3 amide bonds. The van der Waals surface area contributed by atoms with Gasteiger partial charge < -0.3 is 20.3 Å². The van der Waals surface area contributed by atoms with Crippen LogP contribution in [0.5, 0.6) is 5.75 Å². The number of hydrogen-bond acceptors (Lipinski definition) is 4. The summed E-state index contributed by atoms with van der Waals surface area (Å²) >= 11 is 0. The van der Waals surface area contributed by atoms with Crippen LogP contribution in [0.3, 0.4) is 0 Å². The number of ether oxygens (including phenoxy) is 1. The van der Waals surface area contributed by atoms with Crippen LogP contribution in [0.25, 0.3) is 0 Å². The van der Waals surface area contributed by atoms with Gasteiger partial charge in [-0.25, -0.2) is 4.79 Å². The van der Waals surface area contributed by atoms with Crippen LogP contribution in [-0.2, 0) is 9.59 Å². The molecule has 0 atom stereocenters. The lowest BCUT2D eigenvalue weighted by Crippen LogP contribution is -2.44. The number of hydrogen-bond donors (Lipinski definition) is 2. The molecule has 3 rings (SSSR count). The second-order valence-electron chi connectivity index (χ2n) is 8.05. The van der Waals surface area contributed by atoms with Gasteiger partial charge in [-0.2, -0.15) is 0 Å². The van der Waals surface area contributed by atoms with Crippen molar-refractivity contribution in [3.8, 4) is 5.75 Å². The third kappa shape index (κ3) is 6.07. The number of aryl methyl sites for hydroxylation is 3. The molecule has 0 spiro atoms. The molecule has 2 aromatic carbocycles. The van der Waals surface area contributed by atoms with Crippen molar-refractivity contribution >= 4 is 23.6 Å². The third-order valence-corrected chi connectivity index (χ3v) is 5.49. The largest absolute Gasteiger partial charge is 0.415 e. The number of carbonyl (C=O) groups is 3. The number of nitrogens with zero attached hydrogens (tertiary/aromatic N) is 1. The molecule has 0 aliphatic carbocycles. The summed E-state index contributed by atoms with van der Waals surface area (Å²) in [6.45, 7) is 7.32. The molecule has 164 valence electrons. The van der Waals surface area contributed by atoms with E-state index in [1.165, 1.54) is 0 Å². The molecular weight excluding hydrogens is 394 g/mol. The Morgan fingerprint density at radius 2 is 1.58 bits per heavy atom.